The highest BCUT2D eigenvalue weighted by atomic mass is 32.1. The molecule has 5 heterocycles. The van der Waals surface area contributed by atoms with Crippen molar-refractivity contribution in [3.05, 3.63) is 70.6 Å². The number of hydrogen-bond acceptors (Lipinski definition) is 8. The van der Waals surface area contributed by atoms with E-state index < -0.39 is 41.5 Å². The normalized spacial score (nSPS) is 14.9. The number of rotatable bonds is 6. The van der Waals surface area contributed by atoms with Crippen LogP contribution in [0.3, 0.4) is 0 Å². The average Bonchev–Trinajstić information content (AvgIpc) is 3.50. The van der Waals surface area contributed by atoms with Gasteiger partial charge in [0.25, 0.3) is 11.8 Å². The number of fused-ring (bicyclic) bond motifs is 1. The molecule has 9 nitrogen and oxygen atoms in total. The maximum absolute atomic E-state index is 13.5. The molecule has 0 saturated carbocycles. The lowest BCUT2D eigenvalue weighted by Gasteiger charge is -2.39. The second-order valence-electron chi connectivity index (χ2n) is 8.38. The van der Waals surface area contributed by atoms with Crippen LogP contribution in [0.5, 0.6) is 0 Å². The van der Waals surface area contributed by atoms with Crippen molar-refractivity contribution in [2.75, 3.05) is 18.4 Å². The Hall–Kier alpha value is -4.07. The van der Waals surface area contributed by atoms with Gasteiger partial charge >= 0.3 is 6.18 Å². The topological polar surface area (TPSA) is 113 Å². The first-order chi connectivity index (χ1) is 17.6. The van der Waals surface area contributed by atoms with Gasteiger partial charge in [0.1, 0.15) is 5.82 Å². The molecule has 1 saturated heterocycles. The van der Waals surface area contributed by atoms with Crippen LogP contribution in [0.25, 0.3) is 10.2 Å². The predicted molar refractivity (Wildman–Crippen MR) is 125 cm³/mol. The van der Waals surface area contributed by atoms with E-state index in [2.05, 4.69) is 30.0 Å². The van der Waals surface area contributed by atoms with E-state index in [0.29, 0.717) is 21.8 Å². The van der Waals surface area contributed by atoms with Crippen molar-refractivity contribution in [1.29, 1.82) is 0 Å². The molecular weight excluding hydrogens is 516 g/mol. The van der Waals surface area contributed by atoms with Gasteiger partial charge in [-0.05, 0) is 42.1 Å². The first-order valence-electron chi connectivity index (χ1n) is 11.0. The molecule has 192 valence electrons. The molecule has 1 aliphatic rings. The number of halogens is 4. The molecule has 1 fully saturated rings. The molecule has 0 aromatic carbocycles. The molecule has 2 N–H and O–H groups in total. The van der Waals surface area contributed by atoms with Crippen LogP contribution in [0.15, 0.2) is 46.5 Å². The van der Waals surface area contributed by atoms with Gasteiger partial charge < -0.3 is 20.0 Å². The maximum atomic E-state index is 13.5. The van der Waals surface area contributed by atoms with E-state index in [1.54, 1.807) is 18.4 Å². The lowest BCUT2D eigenvalue weighted by Crippen LogP contribution is -2.61. The van der Waals surface area contributed by atoms with Gasteiger partial charge in [0, 0.05) is 19.3 Å². The van der Waals surface area contributed by atoms with Gasteiger partial charge in [-0.3, -0.25) is 14.6 Å². The first-order valence-corrected chi connectivity index (χ1v) is 11.9. The number of anilines is 1. The molecule has 1 aliphatic heterocycles. The number of nitrogens with one attached hydrogen (secondary N) is 2. The molecule has 1 atom stereocenters. The summed E-state index contributed by atoms with van der Waals surface area (Å²) in [5.74, 6) is -3.23. The van der Waals surface area contributed by atoms with Gasteiger partial charge in [0.15, 0.2) is 11.5 Å². The van der Waals surface area contributed by atoms with Crippen LogP contribution in [-0.4, -0.2) is 50.8 Å². The Kier molecular flexibility index (Phi) is 6.27. The number of pyridine rings is 1. The third-order valence-electron chi connectivity index (χ3n) is 5.69. The summed E-state index contributed by atoms with van der Waals surface area (Å²) in [6, 6.07) is 3.85. The summed E-state index contributed by atoms with van der Waals surface area (Å²) in [6.07, 6.45) is -2.09. The highest BCUT2D eigenvalue weighted by Gasteiger charge is 2.37. The Morgan fingerprint density at radius 1 is 1.19 bits per heavy atom. The van der Waals surface area contributed by atoms with E-state index in [-0.39, 0.29) is 30.6 Å². The Morgan fingerprint density at radius 3 is 2.68 bits per heavy atom. The number of likely N-dealkylation sites (tertiary alicyclic amines) is 1. The van der Waals surface area contributed by atoms with Crippen LogP contribution in [0.4, 0.5) is 23.5 Å². The predicted octanol–water partition coefficient (Wildman–Crippen LogP) is 4.26. The van der Waals surface area contributed by atoms with Gasteiger partial charge in [0.2, 0.25) is 11.7 Å². The zero-order valence-electron chi connectivity index (χ0n) is 19.0. The number of hydrogen-bond donors (Lipinski definition) is 2. The lowest BCUT2D eigenvalue weighted by atomic mass is 10.1. The molecule has 0 unspecified atom stereocenters. The standard InChI is InChI=1S/C23H18F4N6O3S/c1-11(12-6-13(24)8-28-7-12)29-22-31-15-4-5-37-19(15)18(32-22)21(35)33-9-14(10-33)30-20(34)16-2-3-17(36-16)23(25,26)27/h2-8,11,14H,9-10H2,1H3,(H,30,34)(H,29,31,32)/t11-/m0/s1. The number of thiophene rings is 1. The quantitative estimate of drug-likeness (QED) is 0.356. The van der Waals surface area contributed by atoms with Crippen LogP contribution in [0.2, 0.25) is 0 Å². The van der Waals surface area contributed by atoms with Crippen LogP contribution in [0, 0.1) is 5.82 Å². The molecular formula is C23H18F4N6O3S. The van der Waals surface area contributed by atoms with Crippen LogP contribution >= 0.6 is 11.3 Å². The average molecular weight is 534 g/mol. The summed E-state index contributed by atoms with van der Waals surface area (Å²) in [5, 5.41) is 7.39. The maximum Gasteiger partial charge on any atom is 0.449 e. The summed E-state index contributed by atoms with van der Waals surface area (Å²) < 4.78 is 56.8. The third-order valence-corrected chi connectivity index (χ3v) is 6.60. The van der Waals surface area contributed by atoms with E-state index >= 15 is 0 Å². The molecule has 0 spiro atoms. The summed E-state index contributed by atoms with van der Waals surface area (Å²) in [5.41, 5.74) is 1.29. The highest BCUT2D eigenvalue weighted by molar-refractivity contribution is 7.17. The third kappa shape index (κ3) is 5.09. The molecule has 14 heteroatoms. The van der Waals surface area contributed by atoms with Crippen LogP contribution in [-0.2, 0) is 6.18 Å². The monoisotopic (exact) mass is 534 g/mol. The van der Waals surface area contributed by atoms with Crippen molar-refractivity contribution < 1.29 is 31.6 Å². The van der Waals surface area contributed by atoms with Crippen molar-refractivity contribution in [2.24, 2.45) is 0 Å². The first kappa shape index (κ1) is 24.6. The number of aromatic nitrogens is 3. The summed E-state index contributed by atoms with van der Waals surface area (Å²) in [4.78, 5) is 39.6. The second-order valence-corrected chi connectivity index (χ2v) is 9.29. The van der Waals surface area contributed by atoms with Gasteiger partial charge in [-0.1, -0.05) is 0 Å². The van der Waals surface area contributed by atoms with E-state index in [1.165, 1.54) is 28.5 Å². The summed E-state index contributed by atoms with van der Waals surface area (Å²) in [7, 11) is 0. The minimum atomic E-state index is -4.69. The number of furan rings is 1. The minimum Gasteiger partial charge on any atom is -0.446 e. The molecule has 4 aromatic rings. The van der Waals surface area contributed by atoms with Crippen molar-refractivity contribution in [3.63, 3.8) is 0 Å². The summed E-state index contributed by atoms with van der Waals surface area (Å²) in [6.45, 7) is 2.06. The number of nitrogens with zero attached hydrogens (tertiary/aromatic N) is 4. The van der Waals surface area contributed by atoms with Gasteiger partial charge in [-0.25, -0.2) is 14.4 Å². The zero-order chi connectivity index (χ0) is 26.3. The van der Waals surface area contributed by atoms with Crippen LogP contribution in [0.1, 0.15) is 45.3 Å². The fraction of sp³-hybridized carbons (Fsp3) is 0.261. The fourth-order valence-corrected chi connectivity index (χ4v) is 4.58. The van der Waals surface area contributed by atoms with E-state index in [0.717, 1.165) is 12.3 Å². The van der Waals surface area contributed by atoms with Crippen molar-refractivity contribution in [1.82, 2.24) is 25.2 Å². The number of amides is 2. The molecule has 5 rings (SSSR count). The number of carbonyl (C=O) groups is 2. The smallest absolute Gasteiger partial charge is 0.446 e. The van der Waals surface area contributed by atoms with Crippen molar-refractivity contribution in [3.8, 4) is 0 Å². The van der Waals surface area contributed by atoms with E-state index in [1.807, 2.05) is 0 Å². The van der Waals surface area contributed by atoms with Gasteiger partial charge in [0.05, 0.1) is 28.5 Å². The van der Waals surface area contributed by atoms with Crippen molar-refractivity contribution in [2.45, 2.75) is 25.2 Å². The second kappa shape index (κ2) is 9.42. The summed E-state index contributed by atoms with van der Waals surface area (Å²) >= 11 is 1.30. The minimum absolute atomic E-state index is 0.141. The molecule has 0 bridgehead atoms. The van der Waals surface area contributed by atoms with E-state index in [9.17, 15) is 27.2 Å². The Bertz CT molecular complexity index is 1480. The Morgan fingerprint density at radius 2 is 1.97 bits per heavy atom. The molecule has 37 heavy (non-hydrogen) atoms. The lowest BCUT2D eigenvalue weighted by molar-refractivity contribution is -0.153. The molecule has 4 aromatic heterocycles. The Balaban J connectivity index is 1.26. The number of carbonyl (C=O) groups excluding carboxylic acids is 2. The zero-order valence-corrected chi connectivity index (χ0v) is 19.9. The Labute approximate surface area is 210 Å². The number of alkyl halides is 3. The molecule has 0 aliphatic carbocycles. The van der Waals surface area contributed by atoms with E-state index in [4.69, 9.17) is 0 Å². The SMILES string of the molecule is C[C@H](Nc1nc(C(=O)N2CC(NC(=O)c3ccc(C(F)(F)F)o3)C2)c2sccc2n1)c1cncc(F)c1. The fourth-order valence-electron chi connectivity index (χ4n) is 3.77. The van der Waals surface area contributed by atoms with Crippen LogP contribution < -0.4 is 10.6 Å². The molecule has 2 amide bonds. The largest absolute Gasteiger partial charge is 0.449 e. The van der Waals surface area contributed by atoms with Gasteiger partial charge in [-0.2, -0.15) is 13.2 Å². The van der Waals surface area contributed by atoms with Crippen molar-refractivity contribution >= 4 is 39.3 Å². The molecule has 0 radical (unpaired) electrons. The van der Waals surface area contributed by atoms with Gasteiger partial charge in [-0.15, -0.1) is 11.3 Å². The highest BCUT2D eigenvalue weighted by Crippen LogP contribution is 2.31.